The highest BCUT2D eigenvalue weighted by molar-refractivity contribution is 6.14. The second kappa shape index (κ2) is 7.94. The van der Waals surface area contributed by atoms with Crippen LogP contribution in [0.3, 0.4) is 0 Å². The molecule has 0 saturated carbocycles. The van der Waals surface area contributed by atoms with Gasteiger partial charge in [0.15, 0.2) is 11.3 Å². The number of benzene rings is 1. The van der Waals surface area contributed by atoms with E-state index in [1.54, 1.807) is 38.1 Å². The Morgan fingerprint density at radius 3 is 2.33 bits per heavy atom. The van der Waals surface area contributed by atoms with E-state index in [0.29, 0.717) is 17.9 Å². The van der Waals surface area contributed by atoms with Crippen molar-refractivity contribution in [2.75, 3.05) is 6.61 Å². The van der Waals surface area contributed by atoms with Gasteiger partial charge in [0.25, 0.3) is 5.91 Å². The lowest BCUT2D eigenvalue weighted by molar-refractivity contribution is -0.171. The molecule has 7 nitrogen and oxygen atoms in total. The molecule has 0 aromatic heterocycles. The molecule has 1 heterocycles. The number of aliphatic hydroxyl groups is 1. The highest BCUT2D eigenvalue weighted by Gasteiger charge is 2.54. The number of rotatable bonds is 7. The fourth-order valence-electron chi connectivity index (χ4n) is 3.06. The van der Waals surface area contributed by atoms with Gasteiger partial charge < -0.3 is 14.9 Å². The fourth-order valence-corrected chi connectivity index (χ4v) is 3.06. The molecule has 7 heteroatoms. The Bertz CT molecular complexity index is 789. The van der Waals surface area contributed by atoms with Gasteiger partial charge in [0.1, 0.15) is 12.4 Å². The number of carboxylic acid groups (broad SMARTS) is 1. The van der Waals surface area contributed by atoms with E-state index in [-0.39, 0.29) is 23.0 Å². The van der Waals surface area contributed by atoms with Gasteiger partial charge in [-0.25, -0.2) is 4.79 Å². The topological polar surface area (TPSA) is 107 Å². The van der Waals surface area contributed by atoms with Crippen LogP contribution in [0.1, 0.15) is 39.7 Å². The van der Waals surface area contributed by atoms with Crippen molar-refractivity contribution in [1.82, 2.24) is 5.06 Å². The summed E-state index contributed by atoms with van der Waals surface area (Å²) < 4.78 is 5.57. The van der Waals surface area contributed by atoms with E-state index in [9.17, 15) is 25.0 Å². The predicted molar refractivity (Wildman–Crippen MR) is 99.0 cm³/mol. The third kappa shape index (κ3) is 4.20. The first kappa shape index (κ1) is 20.7. The molecule has 0 radical (unpaired) electrons. The highest BCUT2D eigenvalue weighted by atomic mass is 16.5. The molecule has 2 rings (SSSR count). The normalized spacial score (nSPS) is 19.7. The second-order valence-electron chi connectivity index (χ2n) is 7.22. The summed E-state index contributed by atoms with van der Waals surface area (Å²) in [5.74, 6) is -2.11. The molecule has 1 aliphatic heterocycles. The van der Waals surface area contributed by atoms with E-state index < -0.39 is 23.2 Å². The number of allylic oxidation sites excluding steroid dienone is 1. The van der Waals surface area contributed by atoms with Crippen LogP contribution in [0.15, 0.2) is 41.6 Å². The van der Waals surface area contributed by atoms with Crippen LogP contribution in [0.25, 0.3) is 5.57 Å². The maximum Gasteiger partial charge on any atom is 0.355 e. The minimum atomic E-state index is -2.11. The summed E-state index contributed by atoms with van der Waals surface area (Å²) in [6.45, 7) is 7.90. The molecule has 27 heavy (non-hydrogen) atoms. The lowest BCUT2D eigenvalue weighted by atomic mass is 9.82. The van der Waals surface area contributed by atoms with Crippen LogP contribution in [-0.4, -0.2) is 44.6 Å². The number of carboxylic acids is 1. The van der Waals surface area contributed by atoms with Crippen molar-refractivity contribution in [3.05, 3.63) is 47.2 Å². The van der Waals surface area contributed by atoms with Crippen LogP contribution in [-0.2, 0) is 9.59 Å². The zero-order valence-corrected chi connectivity index (χ0v) is 15.9. The average molecular weight is 375 g/mol. The standard InChI is InChI=1S/C20H25NO6/c1-12(2)9-10-27-15-7-5-14(6-8-15)16-17(18(22)23)21(26)19(24)20(16,25)11-13(3)4/h5-9,13,25-26H,10-11H2,1-4H3,(H,22,23)/t20-/m0/s1. The maximum atomic E-state index is 12.4. The molecule has 146 valence electrons. The van der Waals surface area contributed by atoms with Gasteiger partial charge in [-0.2, -0.15) is 5.06 Å². The van der Waals surface area contributed by atoms with E-state index in [2.05, 4.69) is 0 Å². The third-order valence-electron chi connectivity index (χ3n) is 4.20. The van der Waals surface area contributed by atoms with E-state index in [0.717, 1.165) is 5.57 Å². The van der Waals surface area contributed by atoms with Gasteiger partial charge in [-0.15, -0.1) is 0 Å². The Hall–Kier alpha value is -2.64. The molecular weight excluding hydrogens is 350 g/mol. The van der Waals surface area contributed by atoms with Crippen molar-refractivity contribution < 1.29 is 29.7 Å². The minimum Gasteiger partial charge on any atom is -0.490 e. The molecule has 1 aromatic carbocycles. The SMILES string of the molecule is CC(C)=CCOc1ccc(C2=C(C(=O)O)N(O)C(=O)[C@]2(O)CC(C)C)cc1. The molecule has 0 fully saturated rings. The third-order valence-corrected chi connectivity index (χ3v) is 4.20. The first-order valence-electron chi connectivity index (χ1n) is 8.68. The van der Waals surface area contributed by atoms with Crippen LogP contribution in [0.5, 0.6) is 5.75 Å². The van der Waals surface area contributed by atoms with E-state index in [4.69, 9.17) is 4.74 Å². The van der Waals surface area contributed by atoms with E-state index in [1.165, 1.54) is 0 Å². The summed E-state index contributed by atoms with van der Waals surface area (Å²) in [5.41, 5.74) is -1.42. The first-order valence-corrected chi connectivity index (χ1v) is 8.68. The van der Waals surface area contributed by atoms with Gasteiger partial charge in [0.05, 0.1) is 0 Å². The van der Waals surface area contributed by atoms with Crippen LogP contribution in [0.2, 0.25) is 0 Å². The number of nitrogens with zero attached hydrogens (tertiary/aromatic N) is 1. The quantitative estimate of drug-likeness (QED) is 0.500. The monoisotopic (exact) mass is 375 g/mol. The van der Waals surface area contributed by atoms with Crippen molar-refractivity contribution in [2.24, 2.45) is 5.92 Å². The molecule has 1 amide bonds. The minimum absolute atomic E-state index is 0.0200. The Balaban J connectivity index is 2.45. The maximum absolute atomic E-state index is 12.4. The van der Waals surface area contributed by atoms with Crippen molar-refractivity contribution in [2.45, 2.75) is 39.7 Å². The van der Waals surface area contributed by atoms with E-state index in [1.807, 2.05) is 19.9 Å². The van der Waals surface area contributed by atoms with Crippen molar-refractivity contribution in [3.8, 4) is 5.75 Å². The van der Waals surface area contributed by atoms with Gasteiger partial charge in [-0.1, -0.05) is 31.6 Å². The Kier molecular flexibility index (Phi) is 6.08. The van der Waals surface area contributed by atoms with Crippen LogP contribution in [0, 0.1) is 5.92 Å². The Morgan fingerprint density at radius 1 is 1.26 bits per heavy atom. The summed E-state index contributed by atoms with van der Waals surface area (Å²) in [7, 11) is 0. The Labute approximate surface area is 158 Å². The predicted octanol–water partition coefficient (Wildman–Crippen LogP) is 2.84. The van der Waals surface area contributed by atoms with Gasteiger partial charge in [-0.05, 0) is 50.0 Å². The summed E-state index contributed by atoms with van der Waals surface area (Å²) in [4.78, 5) is 24.1. The summed E-state index contributed by atoms with van der Waals surface area (Å²) >= 11 is 0. The largest absolute Gasteiger partial charge is 0.490 e. The molecule has 1 atom stereocenters. The number of hydrogen-bond acceptors (Lipinski definition) is 5. The molecular formula is C20H25NO6. The van der Waals surface area contributed by atoms with Crippen LogP contribution in [0.4, 0.5) is 0 Å². The van der Waals surface area contributed by atoms with Gasteiger partial charge in [0.2, 0.25) is 0 Å². The number of amides is 1. The summed E-state index contributed by atoms with van der Waals surface area (Å²) in [6.07, 6.45) is 1.90. The molecule has 0 spiro atoms. The Morgan fingerprint density at radius 2 is 1.85 bits per heavy atom. The highest BCUT2D eigenvalue weighted by Crippen LogP contribution is 2.43. The zero-order valence-electron chi connectivity index (χ0n) is 15.9. The molecule has 0 aliphatic carbocycles. The number of hydrogen-bond donors (Lipinski definition) is 3. The van der Waals surface area contributed by atoms with Gasteiger partial charge >= 0.3 is 5.97 Å². The van der Waals surface area contributed by atoms with Gasteiger partial charge in [-0.3, -0.25) is 10.0 Å². The van der Waals surface area contributed by atoms with Crippen molar-refractivity contribution in [1.29, 1.82) is 0 Å². The lowest BCUT2D eigenvalue weighted by Gasteiger charge is -2.26. The fraction of sp³-hybridized carbons (Fsp3) is 0.400. The molecule has 0 unspecified atom stereocenters. The molecule has 0 saturated heterocycles. The van der Waals surface area contributed by atoms with Gasteiger partial charge in [0, 0.05) is 5.57 Å². The van der Waals surface area contributed by atoms with Crippen LogP contribution < -0.4 is 4.74 Å². The molecule has 1 aliphatic rings. The zero-order chi connectivity index (χ0) is 20.4. The van der Waals surface area contributed by atoms with Crippen molar-refractivity contribution >= 4 is 17.4 Å². The summed E-state index contributed by atoms with van der Waals surface area (Å²) in [6, 6.07) is 6.38. The second-order valence-corrected chi connectivity index (χ2v) is 7.22. The molecule has 3 N–H and O–H groups in total. The lowest BCUT2D eigenvalue weighted by Crippen LogP contribution is -2.42. The number of carbonyl (C=O) groups is 2. The number of aliphatic carboxylic acids is 1. The first-order chi connectivity index (χ1) is 12.6. The number of hydroxylamine groups is 2. The number of carbonyl (C=O) groups excluding carboxylic acids is 1. The van der Waals surface area contributed by atoms with Crippen LogP contribution >= 0.6 is 0 Å². The number of ether oxygens (including phenoxy) is 1. The van der Waals surface area contributed by atoms with Crippen molar-refractivity contribution in [3.63, 3.8) is 0 Å². The molecule has 0 bridgehead atoms. The van der Waals surface area contributed by atoms with E-state index >= 15 is 0 Å². The average Bonchev–Trinajstić information content (AvgIpc) is 2.76. The molecule has 1 aromatic rings. The summed E-state index contributed by atoms with van der Waals surface area (Å²) in [5, 5.41) is 30.5. The smallest absolute Gasteiger partial charge is 0.355 e.